The van der Waals surface area contributed by atoms with Gasteiger partial charge in [0.2, 0.25) is 10.0 Å². The van der Waals surface area contributed by atoms with Crippen molar-refractivity contribution in [3.8, 4) is 6.07 Å². The second kappa shape index (κ2) is 5.29. The molecule has 0 aromatic rings. The summed E-state index contributed by atoms with van der Waals surface area (Å²) in [5.41, 5.74) is 0. The van der Waals surface area contributed by atoms with E-state index >= 15 is 0 Å². The van der Waals surface area contributed by atoms with Crippen molar-refractivity contribution in [2.75, 3.05) is 13.6 Å². The second-order valence-corrected chi connectivity index (χ2v) is 5.42. The fourth-order valence-corrected chi connectivity index (χ4v) is 2.47. The number of hydrogen-bond acceptors (Lipinski definition) is 4. The fourth-order valence-electron chi connectivity index (χ4n) is 1.06. The fraction of sp³-hybridized carbons (Fsp3) is 0.875. The molecule has 0 radical (unpaired) electrons. The monoisotopic (exact) mass is 220 g/mol. The molecule has 2 unspecified atom stereocenters. The van der Waals surface area contributed by atoms with E-state index in [0.29, 0.717) is 0 Å². The Morgan fingerprint density at radius 3 is 2.36 bits per heavy atom. The van der Waals surface area contributed by atoms with Crippen molar-refractivity contribution < 1.29 is 13.5 Å². The molecular weight excluding hydrogens is 204 g/mol. The number of likely N-dealkylation sites (N-methyl/N-ethyl adjacent to an activating group) is 1. The normalized spacial score (nSPS) is 16.3. The van der Waals surface area contributed by atoms with E-state index in [1.807, 2.05) is 0 Å². The zero-order valence-electron chi connectivity index (χ0n) is 8.64. The lowest BCUT2D eigenvalue weighted by atomic mass is 10.4. The van der Waals surface area contributed by atoms with Crippen LogP contribution in [0, 0.1) is 11.3 Å². The maximum atomic E-state index is 11.6. The first-order chi connectivity index (χ1) is 6.36. The molecule has 0 aromatic heterocycles. The number of nitrogens with zero attached hydrogens (tertiary/aromatic N) is 2. The van der Waals surface area contributed by atoms with E-state index in [-0.39, 0.29) is 13.0 Å². The van der Waals surface area contributed by atoms with Gasteiger partial charge in [0.25, 0.3) is 0 Å². The van der Waals surface area contributed by atoms with Crippen LogP contribution in [-0.2, 0) is 10.0 Å². The first-order valence-electron chi connectivity index (χ1n) is 4.39. The molecule has 6 heteroatoms. The van der Waals surface area contributed by atoms with Gasteiger partial charge in [-0.15, -0.1) is 0 Å². The van der Waals surface area contributed by atoms with Crippen molar-refractivity contribution >= 4 is 10.0 Å². The molecule has 0 aliphatic carbocycles. The van der Waals surface area contributed by atoms with Crippen molar-refractivity contribution in [1.82, 2.24) is 4.31 Å². The Kier molecular flexibility index (Phi) is 5.05. The Labute approximate surface area is 85.0 Å². The molecule has 0 aliphatic rings. The summed E-state index contributed by atoms with van der Waals surface area (Å²) in [5, 5.41) is 16.6. The van der Waals surface area contributed by atoms with Gasteiger partial charge < -0.3 is 5.11 Å². The smallest absolute Gasteiger partial charge is 0.230 e. The summed E-state index contributed by atoms with van der Waals surface area (Å²) in [6.07, 6.45) is -0.478. The first-order valence-corrected chi connectivity index (χ1v) is 5.89. The third-order valence-corrected chi connectivity index (χ3v) is 4.01. The molecule has 0 spiro atoms. The molecule has 0 saturated heterocycles. The topological polar surface area (TPSA) is 81.4 Å². The molecule has 1 N–H and O–H groups in total. The highest BCUT2D eigenvalue weighted by molar-refractivity contribution is 7.89. The standard InChI is InChI=1S/C8H16N2O3S/c1-4-8(5-9)14(12,13)10(3)6-7(2)11/h7-8,11H,4,6H2,1-3H3. The van der Waals surface area contributed by atoms with E-state index in [1.54, 1.807) is 13.0 Å². The predicted octanol–water partition coefficient (Wildman–Crippen LogP) is -0.0690. The molecule has 0 bridgehead atoms. The molecule has 2 atom stereocenters. The van der Waals surface area contributed by atoms with Crippen LogP contribution in [0.15, 0.2) is 0 Å². The minimum Gasteiger partial charge on any atom is -0.392 e. The Morgan fingerprint density at radius 2 is 2.07 bits per heavy atom. The summed E-state index contributed by atoms with van der Waals surface area (Å²) in [6, 6.07) is 1.73. The molecule has 14 heavy (non-hydrogen) atoms. The maximum Gasteiger partial charge on any atom is 0.230 e. The average molecular weight is 220 g/mol. The summed E-state index contributed by atoms with van der Waals surface area (Å²) < 4.78 is 24.3. The van der Waals surface area contributed by atoms with Gasteiger partial charge in [0.1, 0.15) is 0 Å². The van der Waals surface area contributed by atoms with Gasteiger partial charge in [-0.05, 0) is 13.3 Å². The van der Waals surface area contributed by atoms with E-state index in [0.717, 1.165) is 4.31 Å². The van der Waals surface area contributed by atoms with Crippen LogP contribution in [-0.4, -0.2) is 42.8 Å². The minimum absolute atomic E-state index is 0.0144. The predicted molar refractivity (Wildman–Crippen MR) is 52.9 cm³/mol. The zero-order chi connectivity index (χ0) is 11.4. The van der Waals surface area contributed by atoms with Gasteiger partial charge in [-0.3, -0.25) is 0 Å². The first kappa shape index (κ1) is 13.4. The number of sulfonamides is 1. The maximum absolute atomic E-state index is 11.6. The van der Waals surface area contributed by atoms with Gasteiger partial charge in [0.15, 0.2) is 5.25 Å². The molecule has 82 valence electrons. The SMILES string of the molecule is CCC(C#N)S(=O)(=O)N(C)CC(C)O. The molecule has 0 saturated carbocycles. The van der Waals surface area contributed by atoms with Crippen LogP contribution in [0.2, 0.25) is 0 Å². The molecule has 0 fully saturated rings. The van der Waals surface area contributed by atoms with Crippen LogP contribution >= 0.6 is 0 Å². The number of aliphatic hydroxyl groups is 1. The Bertz CT molecular complexity index is 305. The molecule has 5 nitrogen and oxygen atoms in total. The number of rotatable bonds is 5. The molecule has 0 aliphatic heterocycles. The van der Waals surface area contributed by atoms with Crippen LogP contribution in [0.3, 0.4) is 0 Å². The molecule has 0 heterocycles. The van der Waals surface area contributed by atoms with E-state index in [1.165, 1.54) is 14.0 Å². The largest absolute Gasteiger partial charge is 0.392 e. The Balaban J connectivity index is 4.70. The van der Waals surface area contributed by atoms with Crippen molar-refractivity contribution in [1.29, 1.82) is 5.26 Å². The number of nitriles is 1. The van der Waals surface area contributed by atoms with Gasteiger partial charge in [-0.1, -0.05) is 6.92 Å². The van der Waals surface area contributed by atoms with Crippen molar-refractivity contribution in [3.05, 3.63) is 0 Å². The number of aliphatic hydroxyl groups excluding tert-OH is 1. The van der Waals surface area contributed by atoms with Gasteiger partial charge in [0.05, 0.1) is 12.2 Å². The summed E-state index contributed by atoms with van der Waals surface area (Å²) >= 11 is 0. The summed E-state index contributed by atoms with van der Waals surface area (Å²) in [7, 11) is -2.22. The van der Waals surface area contributed by atoms with E-state index < -0.39 is 21.4 Å². The lowest BCUT2D eigenvalue weighted by molar-refractivity contribution is 0.171. The lowest BCUT2D eigenvalue weighted by Crippen LogP contribution is -2.38. The zero-order valence-corrected chi connectivity index (χ0v) is 9.45. The van der Waals surface area contributed by atoms with E-state index in [2.05, 4.69) is 0 Å². The number of hydrogen-bond donors (Lipinski definition) is 1. The van der Waals surface area contributed by atoms with Crippen molar-refractivity contribution in [3.63, 3.8) is 0 Å². The Morgan fingerprint density at radius 1 is 1.57 bits per heavy atom. The average Bonchev–Trinajstić information content (AvgIpc) is 2.04. The Hall–Kier alpha value is -0.640. The third kappa shape index (κ3) is 3.25. The van der Waals surface area contributed by atoms with Crippen LogP contribution in [0.4, 0.5) is 0 Å². The van der Waals surface area contributed by atoms with Gasteiger partial charge >= 0.3 is 0 Å². The van der Waals surface area contributed by atoms with Crippen molar-refractivity contribution in [2.45, 2.75) is 31.6 Å². The summed E-state index contributed by atoms with van der Waals surface area (Å²) in [5.74, 6) is 0. The highest BCUT2D eigenvalue weighted by atomic mass is 32.2. The van der Waals surface area contributed by atoms with Gasteiger partial charge in [-0.2, -0.15) is 5.26 Å². The van der Waals surface area contributed by atoms with Crippen LogP contribution < -0.4 is 0 Å². The molecule has 0 rings (SSSR count). The molecule has 0 aromatic carbocycles. The van der Waals surface area contributed by atoms with Gasteiger partial charge in [0, 0.05) is 13.6 Å². The van der Waals surface area contributed by atoms with Crippen LogP contribution in [0.1, 0.15) is 20.3 Å². The molecular formula is C8H16N2O3S. The van der Waals surface area contributed by atoms with Crippen molar-refractivity contribution in [2.24, 2.45) is 0 Å². The van der Waals surface area contributed by atoms with E-state index in [4.69, 9.17) is 10.4 Å². The lowest BCUT2D eigenvalue weighted by Gasteiger charge is -2.20. The summed E-state index contributed by atoms with van der Waals surface area (Å²) in [4.78, 5) is 0. The van der Waals surface area contributed by atoms with E-state index in [9.17, 15) is 8.42 Å². The highest BCUT2D eigenvalue weighted by Crippen LogP contribution is 2.10. The summed E-state index contributed by atoms with van der Waals surface area (Å²) in [6.45, 7) is 3.15. The quantitative estimate of drug-likeness (QED) is 0.703. The third-order valence-electron chi connectivity index (χ3n) is 1.83. The minimum atomic E-state index is -3.58. The van der Waals surface area contributed by atoms with Gasteiger partial charge in [-0.25, -0.2) is 12.7 Å². The van der Waals surface area contributed by atoms with Crippen LogP contribution in [0.5, 0.6) is 0 Å². The van der Waals surface area contributed by atoms with Crippen LogP contribution in [0.25, 0.3) is 0 Å². The highest BCUT2D eigenvalue weighted by Gasteiger charge is 2.28. The molecule has 0 amide bonds. The second-order valence-electron chi connectivity index (χ2n) is 3.20.